The highest BCUT2D eigenvalue weighted by molar-refractivity contribution is 6.00. The molecule has 1 aromatic heterocycles. The molecule has 0 spiro atoms. The van der Waals surface area contributed by atoms with Gasteiger partial charge in [-0.1, -0.05) is 30.3 Å². The zero-order valence-electron chi connectivity index (χ0n) is 8.18. The standard InChI is InChI=1S/C12H12N2O/c13-11(9-4-2-1-3-5-9)12(15)10-6-7-14-8-10/h1-8,11,14H,13H2. The molecule has 0 saturated carbocycles. The second-order valence-corrected chi connectivity index (χ2v) is 3.35. The highest BCUT2D eigenvalue weighted by Gasteiger charge is 2.17. The molecule has 76 valence electrons. The Morgan fingerprint density at radius 1 is 1.20 bits per heavy atom. The first-order valence-corrected chi connectivity index (χ1v) is 4.76. The average Bonchev–Trinajstić information content (AvgIpc) is 2.82. The van der Waals surface area contributed by atoms with Gasteiger partial charge < -0.3 is 10.7 Å². The molecule has 0 radical (unpaired) electrons. The summed E-state index contributed by atoms with van der Waals surface area (Å²) < 4.78 is 0. The van der Waals surface area contributed by atoms with E-state index >= 15 is 0 Å². The van der Waals surface area contributed by atoms with Crippen molar-refractivity contribution in [2.45, 2.75) is 6.04 Å². The van der Waals surface area contributed by atoms with Gasteiger partial charge in [-0.25, -0.2) is 0 Å². The summed E-state index contributed by atoms with van der Waals surface area (Å²) in [5.41, 5.74) is 7.32. The molecule has 1 heterocycles. The van der Waals surface area contributed by atoms with Crippen LogP contribution < -0.4 is 5.73 Å². The number of benzene rings is 1. The molecule has 1 unspecified atom stereocenters. The van der Waals surface area contributed by atoms with Crippen LogP contribution >= 0.6 is 0 Å². The van der Waals surface area contributed by atoms with Gasteiger partial charge in [0.15, 0.2) is 5.78 Å². The molecular formula is C12H12N2O. The van der Waals surface area contributed by atoms with Gasteiger partial charge in [-0.3, -0.25) is 4.79 Å². The molecule has 0 aliphatic carbocycles. The molecule has 15 heavy (non-hydrogen) atoms. The van der Waals surface area contributed by atoms with Gasteiger partial charge in [-0.05, 0) is 11.6 Å². The van der Waals surface area contributed by atoms with Gasteiger partial charge in [0.2, 0.25) is 0 Å². The van der Waals surface area contributed by atoms with E-state index in [9.17, 15) is 4.79 Å². The van der Waals surface area contributed by atoms with Crippen LogP contribution in [0.4, 0.5) is 0 Å². The highest BCUT2D eigenvalue weighted by atomic mass is 16.1. The van der Waals surface area contributed by atoms with Crippen LogP contribution in [0.2, 0.25) is 0 Å². The first-order chi connectivity index (χ1) is 7.29. The van der Waals surface area contributed by atoms with Gasteiger partial charge in [0.1, 0.15) is 0 Å². The van der Waals surface area contributed by atoms with Crippen molar-refractivity contribution in [2.24, 2.45) is 5.73 Å². The second-order valence-electron chi connectivity index (χ2n) is 3.35. The first kappa shape index (κ1) is 9.68. The maximum absolute atomic E-state index is 11.9. The minimum absolute atomic E-state index is 0.0672. The number of hydrogen-bond donors (Lipinski definition) is 2. The number of H-pyrrole nitrogens is 1. The van der Waals surface area contributed by atoms with E-state index in [0.29, 0.717) is 5.56 Å². The summed E-state index contributed by atoms with van der Waals surface area (Å²) in [5.74, 6) is -0.0672. The molecule has 1 aromatic carbocycles. The number of aromatic nitrogens is 1. The van der Waals surface area contributed by atoms with Crippen molar-refractivity contribution in [3.05, 3.63) is 59.9 Å². The molecule has 0 aliphatic rings. The third-order valence-electron chi connectivity index (χ3n) is 2.32. The molecule has 1 atom stereocenters. The van der Waals surface area contributed by atoms with Gasteiger partial charge in [-0.15, -0.1) is 0 Å². The Hall–Kier alpha value is -1.87. The lowest BCUT2D eigenvalue weighted by Gasteiger charge is -2.09. The van der Waals surface area contributed by atoms with Gasteiger partial charge in [-0.2, -0.15) is 0 Å². The van der Waals surface area contributed by atoms with Gasteiger partial charge >= 0.3 is 0 Å². The fourth-order valence-electron chi connectivity index (χ4n) is 1.47. The smallest absolute Gasteiger partial charge is 0.185 e. The van der Waals surface area contributed by atoms with Crippen molar-refractivity contribution in [3.63, 3.8) is 0 Å². The second kappa shape index (κ2) is 4.11. The van der Waals surface area contributed by atoms with Crippen LogP contribution in [-0.4, -0.2) is 10.8 Å². The minimum atomic E-state index is -0.581. The Labute approximate surface area is 87.9 Å². The van der Waals surface area contributed by atoms with E-state index in [0.717, 1.165) is 5.56 Å². The molecule has 3 nitrogen and oxygen atoms in total. The lowest BCUT2D eigenvalue weighted by molar-refractivity contribution is 0.0961. The van der Waals surface area contributed by atoms with E-state index in [1.165, 1.54) is 0 Å². The molecule has 3 heteroatoms. The summed E-state index contributed by atoms with van der Waals surface area (Å²) in [7, 11) is 0. The summed E-state index contributed by atoms with van der Waals surface area (Å²) in [6.45, 7) is 0. The van der Waals surface area contributed by atoms with E-state index in [4.69, 9.17) is 5.73 Å². The van der Waals surface area contributed by atoms with E-state index in [2.05, 4.69) is 4.98 Å². The van der Waals surface area contributed by atoms with E-state index in [1.807, 2.05) is 30.3 Å². The average molecular weight is 200 g/mol. The lowest BCUT2D eigenvalue weighted by Crippen LogP contribution is -2.20. The van der Waals surface area contributed by atoms with Crippen LogP contribution in [0.15, 0.2) is 48.8 Å². The summed E-state index contributed by atoms with van der Waals surface area (Å²) >= 11 is 0. The Bertz CT molecular complexity index is 434. The number of hydrogen-bond acceptors (Lipinski definition) is 2. The molecule has 0 aliphatic heterocycles. The zero-order chi connectivity index (χ0) is 10.7. The van der Waals surface area contributed by atoms with Gasteiger partial charge in [0.25, 0.3) is 0 Å². The fraction of sp³-hybridized carbons (Fsp3) is 0.0833. The maximum Gasteiger partial charge on any atom is 0.185 e. The van der Waals surface area contributed by atoms with Crippen LogP contribution in [0, 0.1) is 0 Å². The lowest BCUT2D eigenvalue weighted by atomic mass is 10.0. The number of carbonyl (C=O) groups excluding carboxylic acids is 1. The summed E-state index contributed by atoms with van der Waals surface area (Å²) in [4.78, 5) is 14.7. The Morgan fingerprint density at radius 3 is 2.53 bits per heavy atom. The summed E-state index contributed by atoms with van der Waals surface area (Å²) in [5, 5.41) is 0. The van der Waals surface area contributed by atoms with Crippen LogP contribution in [0.3, 0.4) is 0 Å². The highest BCUT2D eigenvalue weighted by Crippen LogP contribution is 2.15. The summed E-state index contributed by atoms with van der Waals surface area (Å²) in [6.07, 6.45) is 3.37. The van der Waals surface area contributed by atoms with Gasteiger partial charge in [0.05, 0.1) is 6.04 Å². The predicted molar refractivity (Wildman–Crippen MR) is 58.5 cm³/mol. The topological polar surface area (TPSA) is 58.9 Å². The normalized spacial score (nSPS) is 12.3. The van der Waals surface area contributed by atoms with Crippen LogP contribution in [0.5, 0.6) is 0 Å². The van der Waals surface area contributed by atoms with Crippen molar-refractivity contribution in [2.75, 3.05) is 0 Å². The predicted octanol–water partition coefficient (Wildman–Crippen LogP) is 1.90. The molecule has 2 rings (SSSR count). The van der Waals surface area contributed by atoms with E-state index in [-0.39, 0.29) is 5.78 Å². The number of nitrogens with one attached hydrogen (secondary N) is 1. The molecule has 2 aromatic rings. The quantitative estimate of drug-likeness (QED) is 0.743. The van der Waals surface area contributed by atoms with Gasteiger partial charge in [0, 0.05) is 18.0 Å². The Morgan fingerprint density at radius 2 is 1.93 bits per heavy atom. The van der Waals surface area contributed by atoms with Crippen molar-refractivity contribution in [3.8, 4) is 0 Å². The van der Waals surface area contributed by atoms with Crippen LogP contribution in [0.25, 0.3) is 0 Å². The number of aromatic amines is 1. The first-order valence-electron chi connectivity index (χ1n) is 4.76. The molecule has 3 N–H and O–H groups in total. The van der Waals surface area contributed by atoms with E-state index < -0.39 is 6.04 Å². The number of rotatable bonds is 3. The number of Topliss-reactive ketones (excluding diaryl/α,β-unsaturated/α-hetero) is 1. The maximum atomic E-state index is 11.9. The third kappa shape index (κ3) is 1.97. The number of ketones is 1. The molecule has 0 fully saturated rings. The van der Waals surface area contributed by atoms with Crippen LogP contribution in [0.1, 0.15) is 22.0 Å². The third-order valence-corrected chi connectivity index (χ3v) is 2.32. The largest absolute Gasteiger partial charge is 0.367 e. The molecule has 0 bridgehead atoms. The molecular weight excluding hydrogens is 188 g/mol. The fourth-order valence-corrected chi connectivity index (χ4v) is 1.47. The number of nitrogens with two attached hydrogens (primary N) is 1. The Balaban J connectivity index is 2.23. The molecule has 0 amide bonds. The van der Waals surface area contributed by atoms with Crippen molar-refractivity contribution in [1.82, 2.24) is 4.98 Å². The monoisotopic (exact) mass is 200 g/mol. The van der Waals surface area contributed by atoms with E-state index in [1.54, 1.807) is 18.5 Å². The number of carbonyl (C=O) groups is 1. The zero-order valence-corrected chi connectivity index (χ0v) is 8.18. The van der Waals surface area contributed by atoms with Crippen LogP contribution in [-0.2, 0) is 0 Å². The van der Waals surface area contributed by atoms with Crippen molar-refractivity contribution < 1.29 is 4.79 Å². The Kier molecular flexibility index (Phi) is 2.65. The SMILES string of the molecule is NC(C(=O)c1cc[nH]c1)c1ccccc1. The van der Waals surface area contributed by atoms with Crippen molar-refractivity contribution in [1.29, 1.82) is 0 Å². The minimum Gasteiger partial charge on any atom is -0.367 e. The summed E-state index contributed by atoms with van der Waals surface area (Å²) in [6, 6.07) is 10.5. The van der Waals surface area contributed by atoms with Crippen molar-refractivity contribution >= 4 is 5.78 Å². The molecule has 0 saturated heterocycles.